The van der Waals surface area contributed by atoms with E-state index < -0.39 is 24.5 Å². The van der Waals surface area contributed by atoms with Crippen LogP contribution in [0.5, 0.6) is 0 Å². The van der Waals surface area contributed by atoms with Gasteiger partial charge in [0.1, 0.15) is 0 Å². The van der Waals surface area contributed by atoms with Gasteiger partial charge in [0.2, 0.25) is 5.91 Å². The van der Waals surface area contributed by atoms with Gasteiger partial charge in [-0.3, -0.25) is 14.4 Å². The Hall–Kier alpha value is -3.68. The predicted molar refractivity (Wildman–Crippen MR) is 125 cm³/mol. The van der Waals surface area contributed by atoms with Gasteiger partial charge >= 0.3 is 11.9 Å². The molecule has 8 heteroatoms. The fraction of sp³-hybridized carbons (Fsp3) is 0.360. The molecule has 0 aliphatic carbocycles. The van der Waals surface area contributed by atoms with Crippen molar-refractivity contribution in [1.82, 2.24) is 0 Å². The maximum absolute atomic E-state index is 12.1. The minimum absolute atomic E-state index is 0.102. The van der Waals surface area contributed by atoms with E-state index >= 15 is 0 Å². The van der Waals surface area contributed by atoms with Gasteiger partial charge in [-0.05, 0) is 61.2 Å². The highest BCUT2D eigenvalue weighted by Gasteiger charge is 2.13. The maximum Gasteiger partial charge on any atom is 0.338 e. The quantitative estimate of drug-likeness (QED) is 0.525. The first kappa shape index (κ1) is 25.6. The number of rotatable bonds is 10. The highest BCUT2D eigenvalue weighted by molar-refractivity contribution is 5.95. The van der Waals surface area contributed by atoms with Crippen molar-refractivity contribution in [2.75, 3.05) is 23.8 Å². The summed E-state index contributed by atoms with van der Waals surface area (Å²) in [5, 5.41) is 5.35. The number of nitrogens with one attached hydrogen (secondary N) is 2. The lowest BCUT2D eigenvalue weighted by molar-refractivity contribution is -0.147. The van der Waals surface area contributed by atoms with Crippen LogP contribution in [-0.4, -0.2) is 37.0 Å². The molecule has 2 amide bonds. The van der Waals surface area contributed by atoms with E-state index in [4.69, 9.17) is 9.47 Å². The first-order chi connectivity index (χ1) is 15.7. The molecule has 0 aliphatic heterocycles. The standard InChI is InChI=1S/C25H30N2O6/c1-16(2)14-33-25(31)19-8-10-20(11-9-19)26-22(28)12-13-24(30)32-15-23(29)27-21-7-5-6-17(3)18(21)4/h5-11,16H,12-15H2,1-4H3,(H,26,28)(H,27,29). The zero-order valence-electron chi connectivity index (χ0n) is 19.4. The summed E-state index contributed by atoms with van der Waals surface area (Å²) in [6.07, 6.45) is -0.266. The lowest BCUT2D eigenvalue weighted by Gasteiger charge is -2.11. The number of hydrogen-bond donors (Lipinski definition) is 2. The second kappa shape index (κ2) is 12.4. The van der Waals surface area contributed by atoms with Crippen LogP contribution in [0.2, 0.25) is 0 Å². The molecule has 8 nitrogen and oxygen atoms in total. The van der Waals surface area contributed by atoms with E-state index in [0.29, 0.717) is 23.5 Å². The van der Waals surface area contributed by atoms with Gasteiger partial charge in [0.25, 0.3) is 5.91 Å². The summed E-state index contributed by atoms with van der Waals surface area (Å²) in [5.74, 6) is -1.67. The minimum Gasteiger partial charge on any atom is -0.462 e. The largest absolute Gasteiger partial charge is 0.462 e. The van der Waals surface area contributed by atoms with Crippen molar-refractivity contribution in [2.24, 2.45) is 5.92 Å². The molecule has 0 saturated heterocycles. The Balaban J connectivity index is 1.71. The van der Waals surface area contributed by atoms with Crippen LogP contribution < -0.4 is 10.6 Å². The highest BCUT2D eigenvalue weighted by Crippen LogP contribution is 2.17. The molecule has 0 unspecified atom stereocenters. The Morgan fingerprint density at radius 2 is 1.55 bits per heavy atom. The van der Waals surface area contributed by atoms with E-state index in [2.05, 4.69) is 10.6 Å². The van der Waals surface area contributed by atoms with E-state index in [1.807, 2.05) is 39.8 Å². The van der Waals surface area contributed by atoms with E-state index in [-0.39, 0.29) is 24.7 Å². The van der Waals surface area contributed by atoms with Gasteiger partial charge in [0, 0.05) is 17.8 Å². The maximum atomic E-state index is 12.1. The molecule has 33 heavy (non-hydrogen) atoms. The summed E-state index contributed by atoms with van der Waals surface area (Å²) in [7, 11) is 0. The normalized spacial score (nSPS) is 10.5. The molecular weight excluding hydrogens is 424 g/mol. The number of aryl methyl sites for hydroxylation is 1. The van der Waals surface area contributed by atoms with Crippen molar-refractivity contribution in [3.8, 4) is 0 Å². The summed E-state index contributed by atoms with van der Waals surface area (Å²) in [4.78, 5) is 47.9. The summed E-state index contributed by atoms with van der Waals surface area (Å²) < 4.78 is 10.1. The van der Waals surface area contributed by atoms with Crippen LogP contribution in [0.3, 0.4) is 0 Å². The number of esters is 2. The average Bonchev–Trinajstić information content (AvgIpc) is 2.78. The summed E-state index contributed by atoms with van der Waals surface area (Å²) in [6, 6.07) is 11.8. The zero-order valence-corrected chi connectivity index (χ0v) is 19.4. The number of carbonyl (C=O) groups excluding carboxylic acids is 4. The third-order valence-electron chi connectivity index (χ3n) is 4.75. The molecule has 0 heterocycles. The predicted octanol–water partition coefficient (Wildman–Crippen LogP) is 4.02. The zero-order chi connectivity index (χ0) is 24.4. The number of hydrogen-bond acceptors (Lipinski definition) is 6. The molecule has 0 spiro atoms. The molecule has 0 aromatic heterocycles. The van der Waals surface area contributed by atoms with Gasteiger partial charge < -0.3 is 20.1 Å². The fourth-order valence-electron chi connectivity index (χ4n) is 2.75. The van der Waals surface area contributed by atoms with Crippen molar-refractivity contribution >= 4 is 35.1 Å². The second-order valence-electron chi connectivity index (χ2n) is 8.07. The van der Waals surface area contributed by atoms with Crippen LogP contribution in [0, 0.1) is 19.8 Å². The van der Waals surface area contributed by atoms with Gasteiger partial charge in [0.15, 0.2) is 6.61 Å². The average molecular weight is 455 g/mol. The Kier molecular flexibility index (Phi) is 9.60. The Labute approximate surface area is 193 Å². The minimum atomic E-state index is -0.649. The molecule has 2 rings (SSSR count). The molecule has 2 aromatic carbocycles. The summed E-state index contributed by atoms with van der Waals surface area (Å²) in [5.41, 5.74) is 3.51. The Morgan fingerprint density at radius 1 is 0.848 bits per heavy atom. The van der Waals surface area contributed by atoms with Crippen LogP contribution in [0.25, 0.3) is 0 Å². The van der Waals surface area contributed by atoms with Crippen LogP contribution in [0.15, 0.2) is 42.5 Å². The number of ether oxygens (including phenoxy) is 2. The van der Waals surface area contributed by atoms with Crippen molar-refractivity contribution in [1.29, 1.82) is 0 Å². The number of anilines is 2. The van der Waals surface area contributed by atoms with Crippen molar-refractivity contribution in [3.05, 3.63) is 59.2 Å². The van der Waals surface area contributed by atoms with Crippen LogP contribution in [0.1, 0.15) is 48.2 Å². The molecular formula is C25H30N2O6. The molecule has 0 radical (unpaired) electrons. The molecule has 0 fully saturated rings. The first-order valence-electron chi connectivity index (χ1n) is 10.7. The lowest BCUT2D eigenvalue weighted by atomic mass is 10.1. The number of carbonyl (C=O) groups is 4. The summed E-state index contributed by atoms with van der Waals surface area (Å²) in [6.45, 7) is 7.63. The van der Waals surface area contributed by atoms with Gasteiger partial charge in [-0.2, -0.15) is 0 Å². The SMILES string of the molecule is Cc1cccc(NC(=O)COC(=O)CCC(=O)Nc2ccc(C(=O)OCC(C)C)cc2)c1C. The van der Waals surface area contributed by atoms with E-state index in [0.717, 1.165) is 11.1 Å². The Morgan fingerprint density at radius 3 is 2.21 bits per heavy atom. The second-order valence-corrected chi connectivity index (χ2v) is 8.07. The van der Waals surface area contributed by atoms with Gasteiger partial charge in [-0.1, -0.05) is 26.0 Å². The molecule has 176 valence electrons. The number of benzene rings is 2. The van der Waals surface area contributed by atoms with Crippen molar-refractivity contribution < 1.29 is 28.7 Å². The Bertz CT molecular complexity index is 998. The van der Waals surface area contributed by atoms with Crippen LogP contribution in [-0.2, 0) is 23.9 Å². The van der Waals surface area contributed by atoms with Gasteiger partial charge in [-0.15, -0.1) is 0 Å². The molecule has 2 N–H and O–H groups in total. The molecule has 0 aliphatic rings. The van der Waals surface area contributed by atoms with Gasteiger partial charge in [-0.25, -0.2) is 4.79 Å². The van der Waals surface area contributed by atoms with Crippen LogP contribution >= 0.6 is 0 Å². The fourth-order valence-corrected chi connectivity index (χ4v) is 2.75. The number of amides is 2. The molecule has 0 atom stereocenters. The lowest BCUT2D eigenvalue weighted by Crippen LogP contribution is -2.22. The van der Waals surface area contributed by atoms with Crippen molar-refractivity contribution in [3.63, 3.8) is 0 Å². The third-order valence-corrected chi connectivity index (χ3v) is 4.75. The molecule has 2 aromatic rings. The van der Waals surface area contributed by atoms with Gasteiger partial charge in [0.05, 0.1) is 18.6 Å². The highest BCUT2D eigenvalue weighted by atomic mass is 16.5. The van der Waals surface area contributed by atoms with E-state index in [1.54, 1.807) is 30.3 Å². The summed E-state index contributed by atoms with van der Waals surface area (Å²) >= 11 is 0. The topological polar surface area (TPSA) is 111 Å². The smallest absolute Gasteiger partial charge is 0.338 e. The van der Waals surface area contributed by atoms with E-state index in [9.17, 15) is 19.2 Å². The van der Waals surface area contributed by atoms with E-state index in [1.165, 1.54) is 0 Å². The molecule has 0 saturated carbocycles. The molecule has 0 bridgehead atoms. The monoisotopic (exact) mass is 454 g/mol. The van der Waals surface area contributed by atoms with Crippen molar-refractivity contribution in [2.45, 2.75) is 40.5 Å². The third kappa shape index (κ3) is 8.76. The van der Waals surface area contributed by atoms with Crippen LogP contribution in [0.4, 0.5) is 11.4 Å². The first-order valence-corrected chi connectivity index (χ1v) is 10.7.